The van der Waals surface area contributed by atoms with Gasteiger partial charge >= 0.3 is 0 Å². The Kier molecular flexibility index (Phi) is 8.49. The zero-order valence-corrected chi connectivity index (χ0v) is 20.7. The van der Waals surface area contributed by atoms with Crippen LogP contribution in [0, 0.1) is 0 Å². The van der Waals surface area contributed by atoms with Gasteiger partial charge in [-0.25, -0.2) is 13.5 Å². The maximum Gasteiger partial charge on any atom is 0.147 e. The van der Waals surface area contributed by atoms with E-state index in [0.717, 1.165) is 15.6 Å². The van der Waals surface area contributed by atoms with Gasteiger partial charge in [0.25, 0.3) is 0 Å². The van der Waals surface area contributed by atoms with Crippen LogP contribution in [0.3, 0.4) is 0 Å². The molecule has 2 aromatic carbocycles. The van der Waals surface area contributed by atoms with Crippen LogP contribution < -0.4 is 18.9 Å². The second-order valence-electron chi connectivity index (χ2n) is 6.72. The molecule has 1 aromatic heterocycles. The van der Waals surface area contributed by atoms with E-state index in [1.54, 1.807) is 46.8 Å². The van der Waals surface area contributed by atoms with Gasteiger partial charge in [0, 0.05) is 47.0 Å². The minimum atomic E-state index is -1.55. The summed E-state index contributed by atoms with van der Waals surface area (Å²) < 4.78 is 37.9. The molecular weight excluding hydrogens is 496 g/mol. The van der Waals surface area contributed by atoms with Crippen LogP contribution in [-0.4, -0.2) is 41.9 Å². The van der Waals surface area contributed by atoms with Crippen LogP contribution in [0.25, 0.3) is 0 Å². The minimum absolute atomic E-state index is 0.350. The second-order valence-corrected chi connectivity index (χ2v) is 9.06. The molecule has 9 heteroatoms. The molecule has 0 amide bonds. The lowest BCUT2D eigenvalue weighted by Crippen LogP contribution is -2.26. The first kappa shape index (κ1) is 24.0. The van der Waals surface area contributed by atoms with Gasteiger partial charge in [0.1, 0.15) is 39.0 Å². The standard InChI is InChI=1S/C23H25BrN2O5S/c1-28-19-7-5-16(21(12-19)30-3)14-26(32(27)23-11-18(24)9-10-25-23)15-17-6-8-20(29-2)13-22(17)31-4/h5-13H,14-15H2,1-4H3. The van der Waals surface area contributed by atoms with Crippen molar-refractivity contribution in [3.63, 3.8) is 0 Å². The van der Waals surface area contributed by atoms with E-state index in [-0.39, 0.29) is 0 Å². The lowest BCUT2D eigenvalue weighted by atomic mass is 10.1. The van der Waals surface area contributed by atoms with Crippen molar-refractivity contribution in [1.82, 2.24) is 9.29 Å². The highest BCUT2D eigenvalue weighted by molar-refractivity contribution is 9.10. The van der Waals surface area contributed by atoms with Gasteiger partial charge in [-0.2, -0.15) is 0 Å². The highest BCUT2D eigenvalue weighted by Gasteiger charge is 2.22. The Bertz CT molecular complexity index is 1040. The van der Waals surface area contributed by atoms with Crippen LogP contribution in [0.4, 0.5) is 0 Å². The van der Waals surface area contributed by atoms with E-state index in [2.05, 4.69) is 20.9 Å². The molecule has 0 aliphatic rings. The summed E-state index contributed by atoms with van der Waals surface area (Å²) in [5.41, 5.74) is 1.73. The molecular formula is C23H25BrN2O5S. The summed E-state index contributed by atoms with van der Waals surface area (Å²) >= 11 is 3.43. The molecule has 0 saturated carbocycles. The molecule has 1 unspecified atom stereocenters. The van der Waals surface area contributed by atoms with E-state index in [9.17, 15) is 4.21 Å². The Morgan fingerprint density at radius 3 is 1.78 bits per heavy atom. The molecule has 0 N–H and O–H groups in total. The molecule has 0 spiro atoms. The van der Waals surface area contributed by atoms with Crippen molar-refractivity contribution in [2.45, 2.75) is 18.1 Å². The van der Waals surface area contributed by atoms with Crippen molar-refractivity contribution in [3.8, 4) is 23.0 Å². The lowest BCUT2D eigenvalue weighted by molar-refractivity contribution is 0.367. The number of rotatable bonds is 10. The van der Waals surface area contributed by atoms with Gasteiger partial charge in [-0.1, -0.05) is 28.1 Å². The van der Waals surface area contributed by atoms with Crippen LogP contribution >= 0.6 is 15.9 Å². The smallest absolute Gasteiger partial charge is 0.147 e. The Morgan fingerprint density at radius 1 is 0.812 bits per heavy atom. The van der Waals surface area contributed by atoms with Crippen LogP contribution in [0.2, 0.25) is 0 Å². The molecule has 0 bridgehead atoms. The number of ether oxygens (including phenoxy) is 4. The molecule has 0 fully saturated rings. The summed E-state index contributed by atoms with van der Waals surface area (Å²) in [5.74, 6) is 2.66. The van der Waals surface area contributed by atoms with Crippen LogP contribution in [0.15, 0.2) is 64.2 Å². The number of nitrogens with zero attached hydrogens (tertiary/aromatic N) is 2. The highest BCUT2D eigenvalue weighted by atomic mass is 79.9. The average Bonchev–Trinajstić information content (AvgIpc) is 2.83. The Balaban J connectivity index is 1.99. The minimum Gasteiger partial charge on any atom is -0.497 e. The molecule has 32 heavy (non-hydrogen) atoms. The third kappa shape index (κ3) is 5.79. The predicted molar refractivity (Wildman–Crippen MR) is 127 cm³/mol. The molecule has 0 aliphatic heterocycles. The molecule has 0 radical (unpaired) electrons. The van der Waals surface area contributed by atoms with Gasteiger partial charge in [0.15, 0.2) is 0 Å². The van der Waals surface area contributed by atoms with E-state index < -0.39 is 11.0 Å². The van der Waals surface area contributed by atoms with Gasteiger partial charge in [-0.15, -0.1) is 0 Å². The lowest BCUT2D eigenvalue weighted by Gasteiger charge is -2.23. The first-order valence-electron chi connectivity index (χ1n) is 9.69. The number of hydrogen-bond donors (Lipinski definition) is 0. The van der Waals surface area contributed by atoms with Crippen LogP contribution in [-0.2, 0) is 24.1 Å². The van der Waals surface area contributed by atoms with Crippen molar-refractivity contribution in [2.75, 3.05) is 28.4 Å². The topological polar surface area (TPSA) is 70.1 Å². The fraction of sp³-hybridized carbons (Fsp3) is 0.261. The molecule has 170 valence electrons. The predicted octanol–water partition coefficient (Wildman–Crippen LogP) is 4.60. The zero-order chi connectivity index (χ0) is 23.1. The first-order valence-corrected chi connectivity index (χ1v) is 11.6. The highest BCUT2D eigenvalue weighted by Crippen LogP contribution is 2.30. The number of hydrogen-bond acceptors (Lipinski definition) is 6. The van der Waals surface area contributed by atoms with Gasteiger partial charge in [0.2, 0.25) is 0 Å². The number of aromatic nitrogens is 1. The van der Waals surface area contributed by atoms with E-state index in [0.29, 0.717) is 41.1 Å². The van der Waals surface area contributed by atoms with Gasteiger partial charge in [-0.05, 0) is 24.3 Å². The summed E-state index contributed by atoms with van der Waals surface area (Å²) in [7, 11) is 4.85. The monoisotopic (exact) mass is 520 g/mol. The van der Waals surface area contributed by atoms with E-state index in [1.165, 1.54) is 0 Å². The average molecular weight is 521 g/mol. The number of halogens is 1. The largest absolute Gasteiger partial charge is 0.497 e. The third-order valence-electron chi connectivity index (χ3n) is 4.79. The summed E-state index contributed by atoms with van der Waals surface area (Å²) in [6.45, 7) is 0.701. The maximum absolute atomic E-state index is 13.6. The molecule has 0 aliphatic carbocycles. The zero-order valence-electron chi connectivity index (χ0n) is 18.3. The van der Waals surface area contributed by atoms with Gasteiger partial charge in [-0.3, -0.25) is 0 Å². The molecule has 7 nitrogen and oxygen atoms in total. The fourth-order valence-corrected chi connectivity index (χ4v) is 4.77. The van der Waals surface area contributed by atoms with Gasteiger partial charge in [0.05, 0.1) is 28.4 Å². The van der Waals surface area contributed by atoms with Crippen molar-refractivity contribution >= 4 is 26.9 Å². The van der Waals surface area contributed by atoms with E-state index in [1.807, 2.05) is 40.7 Å². The molecule has 3 aromatic rings. The number of benzene rings is 2. The third-order valence-corrected chi connectivity index (χ3v) is 6.59. The van der Waals surface area contributed by atoms with Crippen molar-refractivity contribution < 1.29 is 23.2 Å². The van der Waals surface area contributed by atoms with Crippen LogP contribution in [0.1, 0.15) is 11.1 Å². The Morgan fingerprint density at radius 2 is 1.34 bits per heavy atom. The molecule has 1 heterocycles. The molecule has 3 rings (SSSR count). The summed E-state index contributed by atoms with van der Waals surface area (Å²) in [6, 6.07) is 14.7. The summed E-state index contributed by atoms with van der Waals surface area (Å²) in [6.07, 6.45) is 1.62. The fourth-order valence-electron chi connectivity index (χ4n) is 3.13. The summed E-state index contributed by atoms with van der Waals surface area (Å²) in [4.78, 5) is 4.31. The quantitative estimate of drug-likeness (QED) is 0.389. The number of methoxy groups -OCH3 is 4. The van der Waals surface area contributed by atoms with Crippen molar-refractivity contribution in [2.24, 2.45) is 0 Å². The summed E-state index contributed by atoms with van der Waals surface area (Å²) in [5, 5.41) is 0.444. The first-order chi connectivity index (χ1) is 15.5. The Labute approximate surface area is 199 Å². The van der Waals surface area contributed by atoms with Gasteiger partial charge < -0.3 is 18.9 Å². The van der Waals surface area contributed by atoms with E-state index >= 15 is 0 Å². The van der Waals surface area contributed by atoms with Crippen LogP contribution in [0.5, 0.6) is 23.0 Å². The molecule has 1 atom stereocenters. The Hall–Kier alpha value is -2.62. The van der Waals surface area contributed by atoms with Crippen molar-refractivity contribution in [1.29, 1.82) is 0 Å². The van der Waals surface area contributed by atoms with Crippen molar-refractivity contribution in [3.05, 3.63) is 70.3 Å². The maximum atomic E-state index is 13.6. The second kappa shape index (κ2) is 11.3. The SMILES string of the molecule is COc1ccc(CN(Cc2ccc(OC)cc2OC)S(=O)c2cc(Br)ccn2)c(OC)c1. The number of pyridine rings is 1. The van der Waals surface area contributed by atoms with E-state index in [4.69, 9.17) is 18.9 Å². The normalized spacial score (nSPS) is 11.8. The molecule has 0 saturated heterocycles.